The molecule has 2 aromatic heterocycles. The molecule has 0 saturated carbocycles. The number of aryl methyl sites for hydroxylation is 2. The number of ether oxygens (including phenoxy) is 1. The number of rotatable bonds is 2. The molecule has 0 spiro atoms. The van der Waals surface area contributed by atoms with E-state index in [0.29, 0.717) is 13.1 Å². The van der Waals surface area contributed by atoms with Crippen LogP contribution in [0, 0.1) is 6.92 Å². The van der Waals surface area contributed by atoms with Gasteiger partial charge in [-0.3, -0.25) is 14.5 Å². The molecule has 4 heterocycles. The lowest BCUT2D eigenvalue weighted by molar-refractivity contribution is -0.00714. The van der Waals surface area contributed by atoms with Crippen LogP contribution in [0.2, 0.25) is 0 Å². The molecule has 144 valence electrons. The van der Waals surface area contributed by atoms with Crippen molar-refractivity contribution in [3.05, 3.63) is 41.0 Å². The van der Waals surface area contributed by atoms with E-state index < -0.39 is 0 Å². The summed E-state index contributed by atoms with van der Waals surface area (Å²) in [6.45, 7) is 9.21. The Balaban J connectivity index is 1.52. The minimum atomic E-state index is -0.0667. The zero-order valence-electron chi connectivity index (χ0n) is 16.5. The van der Waals surface area contributed by atoms with Crippen LogP contribution in [0.1, 0.15) is 47.3 Å². The summed E-state index contributed by atoms with van der Waals surface area (Å²) in [5, 5.41) is 4.58. The van der Waals surface area contributed by atoms with Gasteiger partial charge in [0, 0.05) is 63.3 Å². The van der Waals surface area contributed by atoms with Gasteiger partial charge in [0.25, 0.3) is 5.91 Å². The van der Waals surface area contributed by atoms with Crippen molar-refractivity contribution in [2.45, 2.75) is 39.4 Å². The monoisotopic (exact) mass is 369 g/mol. The first kappa shape index (κ1) is 18.0. The largest absolute Gasteiger partial charge is 0.369 e. The van der Waals surface area contributed by atoms with Crippen LogP contribution < -0.4 is 4.90 Å². The topological polar surface area (TPSA) is 63.5 Å². The third-order valence-corrected chi connectivity index (χ3v) is 5.59. The molecule has 0 radical (unpaired) electrons. The molecule has 0 aromatic carbocycles. The average molecular weight is 369 g/mol. The van der Waals surface area contributed by atoms with Gasteiger partial charge >= 0.3 is 0 Å². The zero-order valence-corrected chi connectivity index (χ0v) is 16.5. The maximum absolute atomic E-state index is 13.3. The first-order chi connectivity index (χ1) is 13.0. The number of pyridine rings is 1. The fourth-order valence-electron chi connectivity index (χ4n) is 4.25. The van der Waals surface area contributed by atoms with Crippen LogP contribution in [-0.4, -0.2) is 57.9 Å². The Morgan fingerprint density at radius 2 is 1.96 bits per heavy atom. The summed E-state index contributed by atoms with van der Waals surface area (Å²) < 4.78 is 7.61. The maximum Gasteiger partial charge on any atom is 0.272 e. The Kier molecular flexibility index (Phi) is 4.63. The summed E-state index contributed by atoms with van der Waals surface area (Å²) in [6, 6.07) is 2.05. The second-order valence-electron chi connectivity index (χ2n) is 7.57. The van der Waals surface area contributed by atoms with Crippen LogP contribution >= 0.6 is 0 Å². The number of anilines is 1. The molecule has 2 aliphatic rings. The number of hydrogen-bond acceptors (Lipinski definition) is 5. The molecule has 0 aliphatic carbocycles. The molecule has 0 unspecified atom stereocenters. The lowest BCUT2D eigenvalue weighted by Gasteiger charge is -2.37. The van der Waals surface area contributed by atoms with Crippen LogP contribution in [-0.2, 0) is 18.2 Å². The van der Waals surface area contributed by atoms with E-state index in [1.54, 1.807) is 4.68 Å². The van der Waals surface area contributed by atoms with E-state index >= 15 is 0 Å². The number of amides is 1. The molecular formula is C20H27N5O2. The summed E-state index contributed by atoms with van der Waals surface area (Å²) >= 11 is 0. The summed E-state index contributed by atoms with van der Waals surface area (Å²) in [4.78, 5) is 21.7. The Morgan fingerprint density at radius 3 is 2.67 bits per heavy atom. The van der Waals surface area contributed by atoms with Gasteiger partial charge in [-0.2, -0.15) is 5.10 Å². The predicted octanol–water partition coefficient (Wildman–Crippen LogP) is 2.11. The normalized spacial score (nSPS) is 22.7. The molecule has 1 amide bonds. The number of aromatic nitrogens is 3. The highest BCUT2D eigenvalue weighted by Gasteiger charge is 2.33. The number of fused-ring (bicyclic) bond motifs is 1. The van der Waals surface area contributed by atoms with E-state index in [4.69, 9.17) is 4.74 Å². The molecule has 7 heteroatoms. The minimum Gasteiger partial charge on any atom is -0.369 e. The molecule has 0 N–H and O–H groups in total. The lowest BCUT2D eigenvalue weighted by Crippen LogP contribution is -2.49. The average Bonchev–Trinajstić information content (AvgIpc) is 2.98. The predicted molar refractivity (Wildman–Crippen MR) is 103 cm³/mol. The van der Waals surface area contributed by atoms with Crippen molar-refractivity contribution in [3.63, 3.8) is 0 Å². The molecule has 2 aliphatic heterocycles. The molecular weight excluding hydrogens is 342 g/mol. The van der Waals surface area contributed by atoms with E-state index in [2.05, 4.69) is 28.8 Å². The fraction of sp³-hybridized carbons (Fsp3) is 0.550. The van der Waals surface area contributed by atoms with E-state index in [1.165, 1.54) is 11.3 Å². The summed E-state index contributed by atoms with van der Waals surface area (Å²) in [5.74, 6) is 0.0821. The number of piperazine rings is 1. The van der Waals surface area contributed by atoms with Crippen molar-refractivity contribution in [2.75, 3.05) is 31.1 Å². The first-order valence-corrected chi connectivity index (χ1v) is 9.61. The van der Waals surface area contributed by atoms with Crippen molar-refractivity contribution in [1.82, 2.24) is 19.7 Å². The second kappa shape index (κ2) is 6.96. The van der Waals surface area contributed by atoms with Crippen molar-refractivity contribution in [3.8, 4) is 0 Å². The van der Waals surface area contributed by atoms with Crippen LogP contribution in [0.25, 0.3) is 0 Å². The third-order valence-electron chi connectivity index (χ3n) is 5.59. The number of hydrogen-bond donors (Lipinski definition) is 0. The summed E-state index contributed by atoms with van der Waals surface area (Å²) in [5.41, 5.74) is 5.06. The number of carbonyl (C=O) groups excluding carboxylic acids is 1. The first-order valence-electron chi connectivity index (χ1n) is 9.61. The molecule has 0 bridgehead atoms. The molecule has 1 saturated heterocycles. The molecule has 2 aromatic rings. The molecule has 27 heavy (non-hydrogen) atoms. The van der Waals surface area contributed by atoms with Crippen LogP contribution in [0.5, 0.6) is 0 Å². The molecule has 1 fully saturated rings. The smallest absolute Gasteiger partial charge is 0.272 e. The maximum atomic E-state index is 13.3. The summed E-state index contributed by atoms with van der Waals surface area (Å²) in [7, 11) is 1.86. The van der Waals surface area contributed by atoms with E-state index in [-0.39, 0.29) is 18.1 Å². The Hall–Kier alpha value is -2.41. The second-order valence-corrected chi connectivity index (χ2v) is 7.57. The Labute approximate surface area is 159 Å². The van der Waals surface area contributed by atoms with Gasteiger partial charge in [0.05, 0.1) is 17.9 Å². The van der Waals surface area contributed by atoms with Crippen LogP contribution in [0.15, 0.2) is 18.5 Å². The third kappa shape index (κ3) is 3.20. The van der Waals surface area contributed by atoms with Gasteiger partial charge < -0.3 is 14.5 Å². The quantitative estimate of drug-likeness (QED) is 0.811. The number of nitrogens with zero attached hydrogens (tertiary/aromatic N) is 5. The van der Waals surface area contributed by atoms with E-state index in [9.17, 15) is 4.79 Å². The highest BCUT2D eigenvalue weighted by atomic mass is 16.5. The van der Waals surface area contributed by atoms with Gasteiger partial charge in [-0.15, -0.1) is 0 Å². The standard InChI is InChI=1S/C20H27N5O2/c1-13-12-21-6-5-17(13)24-7-9-25(10-8-24)20(26)19-16-11-14(2)27-15(3)18(16)22-23(19)4/h5-6,12,14-15H,7-11H2,1-4H3/t14-,15+/m1/s1. The molecule has 2 atom stereocenters. The Morgan fingerprint density at radius 1 is 1.22 bits per heavy atom. The van der Waals surface area contributed by atoms with Gasteiger partial charge in [-0.05, 0) is 32.4 Å². The van der Waals surface area contributed by atoms with Gasteiger partial charge in [-0.1, -0.05) is 0 Å². The number of carbonyl (C=O) groups is 1. The fourth-order valence-corrected chi connectivity index (χ4v) is 4.25. The minimum absolute atomic E-state index is 0.0667. The highest BCUT2D eigenvalue weighted by molar-refractivity contribution is 5.94. The van der Waals surface area contributed by atoms with Crippen molar-refractivity contribution in [2.24, 2.45) is 7.05 Å². The van der Waals surface area contributed by atoms with Gasteiger partial charge in [0.2, 0.25) is 0 Å². The SMILES string of the molecule is Cc1cnccc1N1CCN(C(=O)c2c3c(nn2C)[C@H](C)O[C@H](C)C3)CC1. The highest BCUT2D eigenvalue weighted by Crippen LogP contribution is 2.32. The lowest BCUT2D eigenvalue weighted by atomic mass is 9.99. The van der Waals surface area contributed by atoms with Gasteiger partial charge in [0.1, 0.15) is 5.69 Å². The summed E-state index contributed by atoms with van der Waals surface area (Å²) in [6.07, 6.45) is 4.49. The van der Waals surface area contributed by atoms with Gasteiger partial charge in [0.15, 0.2) is 0 Å². The van der Waals surface area contributed by atoms with E-state index in [0.717, 1.165) is 36.5 Å². The van der Waals surface area contributed by atoms with Gasteiger partial charge in [-0.25, -0.2) is 0 Å². The zero-order chi connectivity index (χ0) is 19.1. The van der Waals surface area contributed by atoms with Crippen molar-refractivity contribution in [1.29, 1.82) is 0 Å². The van der Waals surface area contributed by atoms with Crippen molar-refractivity contribution < 1.29 is 9.53 Å². The Bertz CT molecular complexity index is 854. The van der Waals surface area contributed by atoms with E-state index in [1.807, 2.05) is 37.3 Å². The van der Waals surface area contributed by atoms with Crippen molar-refractivity contribution >= 4 is 11.6 Å². The molecule has 7 nitrogen and oxygen atoms in total. The molecule has 4 rings (SSSR count). The van der Waals surface area contributed by atoms with Crippen LogP contribution in [0.3, 0.4) is 0 Å². The van der Waals surface area contributed by atoms with Crippen LogP contribution in [0.4, 0.5) is 5.69 Å².